The van der Waals surface area contributed by atoms with Crippen LogP contribution >= 0.6 is 0 Å². The van der Waals surface area contributed by atoms with Crippen molar-refractivity contribution in [3.63, 3.8) is 0 Å². The molecule has 1 heterocycles. The summed E-state index contributed by atoms with van der Waals surface area (Å²) in [5.41, 5.74) is 7.12. The van der Waals surface area contributed by atoms with E-state index in [1.165, 1.54) is 30.4 Å². The number of imidazole rings is 1. The van der Waals surface area contributed by atoms with Gasteiger partial charge in [0, 0.05) is 13.2 Å². The van der Waals surface area contributed by atoms with Crippen molar-refractivity contribution >= 4 is 0 Å². The van der Waals surface area contributed by atoms with E-state index >= 15 is 0 Å². The van der Waals surface area contributed by atoms with E-state index in [-0.39, 0.29) is 6.04 Å². The van der Waals surface area contributed by atoms with Crippen LogP contribution in [0.4, 0.5) is 0 Å². The van der Waals surface area contributed by atoms with Gasteiger partial charge in [-0.05, 0) is 42.7 Å². The van der Waals surface area contributed by atoms with Crippen LogP contribution in [0.25, 0.3) is 0 Å². The normalized spacial score (nSPS) is 19.6. The maximum Gasteiger partial charge on any atom is 0.0946 e. The van der Waals surface area contributed by atoms with E-state index < -0.39 is 0 Å². The Labute approximate surface area is 120 Å². The molecule has 2 atom stereocenters. The number of hydrogen-bond donors (Lipinski definition) is 2. The molecule has 0 aliphatic heterocycles. The molecule has 106 valence electrons. The standard InChI is InChI=1S/C16H22N4/c1-20-11-18-10-16(20)15(19-17)9-13-7-4-6-12-5-2-3-8-14(12)13/h2-3,5,8,10-11,13,15,19H,4,6-7,9,17H2,1H3. The molecule has 1 aliphatic rings. The molecule has 0 saturated heterocycles. The van der Waals surface area contributed by atoms with E-state index in [2.05, 4.69) is 34.7 Å². The first-order valence-corrected chi connectivity index (χ1v) is 7.29. The number of aromatic nitrogens is 2. The molecule has 0 radical (unpaired) electrons. The summed E-state index contributed by atoms with van der Waals surface area (Å²) in [6.45, 7) is 0. The number of benzene rings is 1. The fourth-order valence-corrected chi connectivity index (χ4v) is 3.36. The van der Waals surface area contributed by atoms with Crippen molar-refractivity contribution in [1.82, 2.24) is 15.0 Å². The summed E-state index contributed by atoms with van der Waals surface area (Å²) >= 11 is 0. The predicted octanol–water partition coefficient (Wildman–Crippen LogP) is 2.43. The third-order valence-electron chi connectivity index (χ3n) is 4.43. The van der Waals surface area contributed by atoms with Gasteiger partial charge in [-0.15, -0.1) is 0 Å². The second kappa shape index (κ2) is 5.77. The quantitative estimate of drug-likeness (QED) is 0.662. The van der Waals surface area contributed by atoms with Crippen LogP contribution in [0.3, 0.4) is 0 Å². The highest BCUT2D eigenvalue weighted by molar-refractivity contribution is 5.33. The zero-order valence-corrected chi connectivity index (χ0v) is 11.9. The first kappa shape index (κ1) is 13.3. The van der Waals surface area contributed by atoms with Gasteiger partial charge in [-0.1, -0.05) is 24.3 Å². The molecule has 20 heavy (non-hydrogen) atoms. The number of rotatable bonds is 4. The Kier molecular flexibility index (Phi) is 3.85. The van der Waals surface area contributed by atoms with Gasteiger partial charge in [0.25, 0.3) is 0 Å². The molecule has 3 N–H and O–H groups in total. The molecule has 0 amide bonds. The smallest absolute Gasteiger partial charge is 0.0946 e. The summed E-state index contributed by atoms with van der Waals surface area (Å²) in [6.07, 6.45) is 8.47. The average molecular weight is 270 g/mol. The molecule has 3 rings (SSSR count). The van der Waals surface area contributed by atoms with E-state index in [0.29, 0.717) is 5.92 Å². The van der Waals surface area contributed by atoms with Crippen LogP contribution < -0.4 is 11.3 Å². The van der Waals surface area contributed by atoms with Crippen LogP contribution in [0.5, 0.6) is 0 Å². The van der Waals surface area contributed by atoms with Crippen molar-refractivity contribution in [2.45, 2.75) is 37.6 Å². The van der Waals surface area contributed by atoms with Gasteiger partial charge in [-0.2, -0.15) is 0 Å². The van der Waals surface area contributed by atoms with E-state index in [1.54, 1.807) is 0 Å². The van der Waals surface area contributed by atoms with E-state index in [9.17, 15) is 0 Å². The number of nitrogens with zero attached hydrogens (tertiary/aromatic N) is 2. The first-order valence-electron chi connectivity index (χ1n) is 7.29. The lowest BCUT2D eigenvalue weighted by atomic mass is 9.79. The molecule has 1 aliphatic carbocycles. The van der Waals surface area contributed by atoms with Crippen molar-refractivity contribution in [1.29, 1.82) is 0 Å². The summed E-state index contributed by atoms with van der Waals surface area (Å²) in [4.78, 5) is 4.20. The van der Waals surface area contributed by atoms with Gasteiger partial charge in [0.2, 0.25) is 0 Å². The highest BCUT2D eigenvalue weighted by atomic mass is 15.2. The van der Waals surface area contributed by atoms with Crippen LogP contribution in [-0.4, -0.2) is 9.55 Å². The highest BCUT2D eigenvalue weighted by Crippen LogP contribution is 2.37. The Hall–Kier alpha value is -1.65. The van der Waals surface area contributed by atoms with Gasteiger partial charge in [0.15, 0.2) is 0 Å². The largest absolute Gasteiger partial charge is 0.336 e. The molecule has 2 aromatic rings. The Morgan fingerprint density at radius 2 is 2.30 bits per heavy atom. The molecule has 0 bridgehead atoms. The van der Waals surface area contributed by atoms with Crippen LogP contribution in [0, 0.1) is 0 Å². The fraction of sp³-hybridized carbons (Fsp3) is 0.438. The number of hydrogen-bond acceptors (Lipinski definition) is 3. The molecule has 0 fully saturated rings. The summed E-state index contributed by atoms with van der Waals surface area (Å²) in [7, 11) is 2.02. The topological polar surface area (TPSA) is 55.9 Å². The first-order chi connectivity index (χ1) is 9.79. The zero-order valence-electron chi connectivity index (χ0n) is 11.9. The van der Waals surface area contributed by atoms with Gasteiger partial charge in [-0.3, -0.25) is 11.3 Å². The minimum atomic E-state index is 0.152. The van der Waals surface area contributed by atoms with Crippen molar-refractivity contribution in [2.75, 3.05) is 0 Å². The van der Waals surface area contributed by atoms with Gasteiger partial charge >= 0.3 is 0 Å². The Morgan fingerprint density at radius 1 is 1.45 bits per heavy atom. The average Bonchev–Trinajstić information content (AvgIpc) is 2.91. The van der Waals surface area contributed by atoms with Crippen LogP contribution in [0.1, 0.15) is 48.0 Å². The molecular formula is C16H22N4. The van der Waals surface area contributed by atoms with Gasteiger partial charge in [0.1, 0.15) is 0 Å². The number of nitrogens with one attached hydrogen (secondary N) is 1. The Morgan fingerprint density at radius 3 is 3.05 bits per heavy atom. The lowest BCUT2D eigenvalue weighted by Gasteiger charge is -2.28. The number of hydrazine groups is 1. The van der Waals surface area contributed by atoms with E-state index in [0.717, 1.165) is 12.1 Å². The third-order valence-corrected chi connectivity index (χ3v) is 4.43. The predicted molar refractivity (Wildman–Crippen MR) is 80.0 cm³/mol. The Balaban J connectivity index is 1.82. The zero-order chi connectivity index (χ0) is 13.9. The lowest BCUT2D eigenvalue weighted by molar-refractivity contribution is 0.413. The molecule has 2 unspecified atom stereocenters. The highest BCUT2D eigenvalue weighted by Gasteiger charge is 2.24. The molecule has 0 saturated carbocycles. The van der Waals surface area contributed by atoms with Gasteiger partial charge in [-0.25, -0.2) is 4.98 Å². The molecule has 1 aromatic carbocycles. The summed E-state index contributed by atoms with van der Waals surface area (Å²) in [5.74, 6) is 6.36. The second-order valence-corrected chi connectivity index (χ2v) is 5.67. The molecular weight excluding hydrogens is 248 g/mol. The fourth-order valence-electron chi connectivity index (χ4n) is 3.36. The maximum absolute atomic E-state index is 5.78. The summed E-state index contributed by atoms with van der Waals surface area (Å²) in [5, 5.41) is 0. The Bertz CT molecular complexity index is 575. The number of nitrogens with two attached hydrogens (primary N) is 1. The van der Waals surface area contributed by atoms with Crippen LogP contribution in [0.2, 0.25) is 0 Å². The molecule has 4 nitrogen and oxygen atoms in total. The van der Waals surface area contributed by atoms with Crippen molar-refractivity contribution in [2.24, 2.45) is 12.9 Å². The van der Waals surface area contributed by atoms with Crippen molar-refractivity contribution in [3.05, 3.63) is 53.6 Å². The van der Waals surface area contributed by atoms with Crippen LogP contribution in [-0.2, 0) is 13.5 Å². The molecule has 4 heteroatoms. The summed E-state index contributed by atoms with van der Waals surface area (Å²) < 4.78 is 2.04. The SMILES string of the molecule is Cn1cncc1C(CC1CCCc2ccccc21)NN. The van der Waals surface area contributed by atoms with Crippen molar-refractivity contribution in [3.8, 4) is 0 Å². The third kappa shape index (κ3) is 2.49. The second-order valence-electron chi connectivity index (χ2n) is 5.67. The lowest BCUT2D eigenvalue weighted by Crippen LogP contribution is -2.31. The van der Waals surface area contributed by atoms with E-state index in [1.807, 2.05) is 24.1 Å². The molecule has 0 spiro atoms. The van der Waals surface area contributed by atoms with Crippen molar-refractivity contribution < 1.29 is 0 Å². The molecule has 1 aromatic heterocycles. The van der Waals surface area contributed by atoms with Gasteiger partial charge < -0.3 is 4.57 Å². The van der Waals surface area contributed by atoms with Crippen LogP contribution in [0.15, 0.2) is 36.8 Å². The maximum atomic E-state index is 5.78. The minimum Gasteiger partial charge on any atom is -0.336 e. The monoisotopic (exact) mass is 270 g/mol. The summed E-state index contributed by atoms with van der Waals surface area (Å²) in [6, 6.07) is 8.97. The number of aryl methyl sites for hydroxylation is 2. The number of fused-ring (bicyclic) bond motifs is 1. The van der Waals surface area contributed by atoms with Gasteiger partial charge in [0.05, 0.1) is 18.1 Å². The van der Waals surface area contributed by atoms with E-state index in [4.69, 9.17) is 5.84 Å². The minimum absolute atomic E-state index is 0.152.